The maximum atomic E-state index is 9.07. The summed E-state index contributed by atoms with van der Waals surface area (Å²) in [5, 5.41) is 62.3. The predicted molar refractivity (Wildman–Crippen MR) is 38.0 cm³/mol. The van der Waals surface area contributed by atoms with Gasteiger partial charge in [0.15, 0.2) is 0 Å². The number of rotatable bonds is 0. The quantitative estimate of drug-likeness (QED) is 0.183. The average molecular weight is 212 g/mol. The summed E-state index contributed by atoms with van der Waals surface area (Å²) in [4.78, 5) is 0. The molecule has 14 heavy (non-hydrogen) atoms. The van der Waals surface area contributed by atoms with Gasteiger partial charge in [0.05, 0.1) is 6.04 Å². The van der Waals surface area contributed by atoms with Crippen molar-refractivity contribution in [2.24, 2.45) is 5.73 Å². The van der Waals surface area contributed by atoms with E-state index in [1.54, 1.807) is 0 Å². The van der Waals surface area contributed by atoms with Crippen molar-refractivity contribution in [2.75, 3.05) is 0 Å². The van der Waals surface area contributed by atoms with E-state index >= 15 is 0 Å². The Hall–Kier alpha value is -0.360. The number of aliphatic hydroxyl groups is 6. The van der Waals surface area contributed by atoms with Crippen molar-refractivity contribution >= 4 is 0 Å². The van der Waals surface area contributed by atoms with Crippen LogP contribution in [0.1, 0.15) is 0 Å². The molecule has 0 bridgehead atoms. The Morgan fingerprint density at radius 3 is 1.50 bits per heavy atom. The molecule has 1 heterocycles. The fourth-order valence-corrected chi connectivity index (χ4v) is 1.18. The van der Waals surface area contributed by atoms with Gasteiger partial charge in [0, 0.05) is 0 Å². The monoisotopic (exact) mass is 212 g/mol. The lowest BCUT2D eigenvalue weighted by Gasteiger charge is -2.49. The summed E-state index contributed by atoms with van der Waals surface area (Å²) in [6.45, 7) is 0. The molecule has 0 amide bonds. The zero-order chi connectivity index (χ0) is 11.3. The van der Waals surface area contributed by atoms with E-state index in [0.29, 0.717) is 0 Å². The molecule has 1 fully saturated rings. The third kappa shape index (κ3) is 1.32. The van der Waals surface area contributed by atoms with Crippen molar-refractivity contribution in [1.82, 2.24) is 5.06 Å². The smallest absolute Gasteiger partial charge is 0.280 e. The van der Waals surface area contributed by atoms with Crippen LogP contribution in [0.4, 0.5) is 0 Å². The number of hydroxylamine groups is 2. The minimum atomic E-state index is -3.36. The number of nitrogens with zero attached hydrogens (tertiary/aromatic N) is 1. The lowest BCUT2D eigenvalue weighted by atomic mass is 9.94. The SMILES string of the molecule is NC1C(O)C(O)(O)N(O)C(O)(O)C1O. The maximum Gasteiger partial charge on any atom is 0.280 e. The van der Waals surface area contributed by atoms with Crippen LogP contribution in [-0.2, 0) is 0 Å². The first-order valence-corrected chi connectivity index (χ1v) is 3.64. The van der Waals surface area contributed by atoms with Crippen LogP contribution in [0.25, 0.3) is 0 Å². The van der Waals surface area contributed by atoms with Gasteiger partial charge < -0.3 is 41.6 Å². The lowest BCUT2D eigenvalue weighted by molar-refractivity contribution is -0.526. The van der Waals surface area contributed by atoms with Gasteiger partial charge in [0.1, 0.15) is 12.2 Å². The van der Waals surface area contributed by atoms with E-state index in [1.165, 1.54) is 0 Å². The van der Waals surface area contributed by atoms with Crippen LogP contribution in [0.2, 0.25) is 0 Å². The second-order valence-corrected chi connectivity index (χ2v) is 3.15. The molecular weight excluding hydrogens is 200 g/mol. The van der Waals surface area contributed by atoms with Crippen LogP contribution < -0.4 is 5.73 Å². The van der Waals surface area contributed by atoms with Crippen molar-refractivity contribution in [1.29, 1.82) is 0 Å². The molecule has 84 valence electrons. The highest BCUT2D eigenvalue weighted by Gasteiger charge is 2.62. The van der Waals surface area contributed by atoms with Gasteiger partial charge in [0.2, 0.25) is 0 Å². The van der Waals surface area contributed by atoms with Gasteiger partial charge >= 0.3 is 0 Å². The molecular formula is C5H12N2O7. The van der Waals surface area contributed by atoms with E-state index in [4.69, 9.17) is 41.6 Å². The molecule has 2 atom stereocenters. The van der Waals surface area contributed by atoms with E-state index in [-0.39, 0.29) is 0 Å². The van der Waals surface area contributed by atoms with Gasteiger partial charge in [-0.25, -0.2) is 0 Å². The zero-order valence-corrected chi connectivity index (χ0v) is 6.89. The molecule has 1 aliphatic heterocycles. The molecule has 9 N–H and O–H groups in total. The third-order valence-corrected chi connectivity index (χ3v) is 2.15. The summed E-state index contributed by atoms with van der Waals surface area (Å²) >= 11 is 0. The van der Waals surface area contributed by atoms with Crippen molar-refractivity contribution in [3.8, 4) is 0 Å². The standard InChI is InChI=1S/C5H12N2O7/c6-1-2(8)4(10,11)7(14)5(12,13)3(1)9/h1-3,8-14H,6H2. The molecule has 9 nitrogen and oxygen atoms in total. The Bertz CT molecular complexity index is 210. The molecule has 0 radical (unpaired) electrons. The molecule has 0 aromatic rings. The van der Waals surface area contributed by atoms with Crippen LogP contribution in [0.3, 0.4) is 0 Å². The van der Waals surface area contributed by atoms with Crippen molar-refractivity contribution < 1.29 is 35.8 Å². The Balaban J connectivity index is 3.09. The summed E-state index contributed by atoms with van der Waals surface area (Å²) < 4.78 is 0. The van der Waals surface area contributed by atoms with Crippen LogP contribution in [0.15, 0.2) is 0 Å². The van der Waals surface area contributed by atoms with Crippen LogP contribution in [0.5, 0.6) is 0 Å². The van der Waals surface area contributed by atoms with Gasteiger partial charge in [-0.05, 0) is 0 Å². The minimum absolute atomic E-state index is 0.793. The molecule has 1 aliphatic rings. The van der Waals surface area contributed by atoms with E-state index in [2.05, 4.69) is 0 Å². The Morgan fingerprint density at radius 1 is 0.929 bits per heavy atom. The first kappa shape index (κ1) is 11.7. The average Bonchev–Trinajstić information content (AvgIpc) is 2.11. The molecule has 9 heteroatoms. The highest BCUT2D eigenvalue weighted by Crippen LogP contribution is 2.30. The van der Waals surface area contributed by atoms with Crippen LogP contribution in [0, 0.1) is 0 Å². The van der Waals surface area contributed by atoms with Crippen molar-refractivity contribution in [3.63, 3.8) is 0 Å². The van der Waals surface area contributed by atoms with Crippen molar-refractivity contribution in [3.05, 3.63) is 0 Å². The van der Waals surface area contributed by atoms with Gasteiger partial charge in [-0.1, -0.05) is 5.06 Å². The number of aliphatic hydroxyl groups excluding tert-OH is 2. The summed E-state index contributed by atoms with van der Waals surface area (Å²) in [6, 6.07) is -1.75. The zero-order valence-electron chi connectivity index (χ0n) is 6.89. The summed E-state index contributed by atoms with van der Waals surface area (Å²) in [5.74, 6) is -6.72. The maximum absolute atomic E-state index is 9.07. The van der Waals surface area contributed by atoms with Crippen molar-refractivity contribution in [2.45, 2.75) is 30.1 Å². The molecule has 0 saturated carbocycles. The number of hydrogen-bond acceptors (Lipinski definition) is 9. The first-order valence-electron chi connectivity index (χ1n) is 3.64. The fourth-order valence-electron chi connectivity index (χ4n) is 1.18. The highest BCUT2D eigenvalue weighted by atomic mass is 16.7. The van der Waals surface area contributed by atoms with Crippen LogP contribution in [-0.4, -0.2) is 71.0 Å². The number of piperidine rings is 1. The summed E-state index contributed by atoms with van der Waals surface area (Å²) in [5.41, 5.74) is 5.06. The topological polar surface area (TPSA) is 171 Å². The molecule has 1 saturated heterocycles. The minimum Gasteiger partial charge on any atom is -0.384 e. The normalized spacial score (nSPS) is 42.4. The molecule has 0 aromatic carbocycles. The van der Waals surface area contributed by atoms with Crippen LogP contribution >= 0.6 is 0 Å². The number of hydrogen-bond donors (Lipinski definition) is 8. The fraction of sp³-hybridized carbons (Fsp3) is 1.00. The third-order valence-electron chi connectivity index (χ3n) is 2.15. The van der Waals surface area contributed by atoms with Gasteiger partial charge in [-0.3, -0.25) is 0 Å². The number of nitrogens with two attached hydrogens (primary N) is 1. The Labute approximate surface area is 77.8 Å². The van der Waals surface area contributed by atoms with E-state index in [9.17, 15) is 0 Å². The van der Waals surface area contributed by atoms with E-state index in [0.717, 1.165) is 0 Å². The molecule has 0 aromatic heterocycles. The highest BCUT2D eigenvalue weighted by molar-refractivity contribution is 4.98. The Kier molecular flexibility index (Phi) is 2.56. The van der Waals surface area contributed by atoms with Gasteiger partial charge in [-0.2, -0.15) is 0 Å². The largest absolute Gasteiger partial charge is 0.384 e. The molecule has 0 spiro atoms. The second-order valence-electron chi connectivity index (χ2n) is 3.15. The van der Waals surface area contributed by atoms with Gasteiger partial charge in [-0.15, -0.1) is 0 Å². The summed E-state index contributed by atoms with van der Waals surface area (Å²) in [6.07, 6.45) is -4.34. The van der Waals surface area contributed by atoms with Gasteiger partial charge in [0.25, 0.3) is 11.8 Å². The molecule has 0 aliphatic carbocycles. The first-order chi connectivity index (χ1) is 6.13. The lowest BCUT2D eigenvalue weighted by Crippen LogP contribution is -2.79. The Morgan fingerprint density at radius 2 is 1.21 bits per heavy atom. The second kappa shape index (κ2) is 3.06. The molecule has 2 unspecified atom stereocenters. The summed E-state index contributed by atoms with van der Waals surface area (Å²) in [7, 11) is 0. The van der Waals surface area contributed by atoms with E-state index < -0.39 is 35.1 Å². The van der Waals surface area contributed by atoms with E-state index in [1.807, 2.05) is 0 Å². The molecule has 1 rings (SSSR count). The predicted octanol–water partition coefficient (Wildman–Crippen LogP) is -4.98.